The number of anilines is 2. The first-order chi connectivity index (χ1) is 20.1. The van der Waals surface area contributed by atoms with Crippen molar-refractivity contribution >= 4 is 51.0 Å². The Kier molecular flexibility index (Phi) is 9.95. The van der Waals surface area contributed by atoms with Crippen LogP contribution in [-0.2, 0) is 21.4 Å². The second-order valence-electron chi connectivity index (χ2n) is 9.39. The maximum absolute atomic E-state index is 12.6. The summed E-state index contributed by atoms with van der Waals surface area (Å²) < 4.78 is 31.7. The van der Waals surface area contributed by atoms with Crippen LogP contribution in [0.1, 0.15) is 27.0 Å². The van der Waals surface area contributed by atoms with Gasteiger partial charge in [0.1, 0.15) is 5.75 Å². The van der Waals surface area contributed by atoms with Crippen molar-refractivity contribution in [2.24, 2.45) is 5.10 Å². The molecular formula is C31H29ClN4O5S. The lowest BCUT2D eigenvalue weighted by atomic mass is 10.1. The summed E-state index contributed by atoms with van der Waals surface area (Å²) in [5, 5.41) is 7.11. The molecule has 4 aromatic rings. The predicted molar refractivity (Wildman–Crippen MR) is 166 cm³/mol. The van der Waals surface area contributed by atoms with Crippen molar-refractivity contribution in [3.8, 4) is 5.75 Å². The second kappa shape index (κ2) is 13.8. The minimum absolute atomic E-state index is 0.175. The third-order valence-electron chi connectivity index (χ3n) is 6.04. The summed E-state index contributed by atoms with van der Waals surface area (Å²) in [5.41, 5.74) is 6.35. The van der Waals surface area contributed by atoms with Crippen LogP contribution in [-0.4, -0.2) is 39.3 Å². The highest BCUT2D eigenvalue weighted by molar-refractivity contribution is 7.92. The van der Waals surface area contributed by atoms with Gasteiger partial charge in [-0.3, -0.25) is 13.9 Å². The lowest BCUT2D eigenvalue weighted by Crippen LogP contribution is -2.29. The number of nitrogens with one attached hydrogen (secondary N) is 2. The van der Waals surface area contributed by atoms with Crippen LogP contribution in [0.15, 0.2) is 102 Å². The Morgan fingerprint density at radius 2 is 1.60 bits per heavy atom. The van der Waals surface area contributed by atoms with Gasteiger partial charge in [-0.05, 0) is 78.7 Å². The summed E-state index contributed by atoms with van der Waals surface area (Å²) in [5.74, 6) is -0.317. The van der Waals surface area contributed by atoms with Gasteiger partial charge in [0.25, 0.3) is 11.8 Å². The van der Waals surface area contributed by atoms with E-state index in [2.05, 4.69) is 15.8 Å². The molecule has 0 unspecified atom stereocenters. The summed E-state index contributed by atoms with van der Waals surface area (Å²) in [6.45, 7) is 1.95. The van der Waals surface area contributed by atoms with E-state index < -0.39 is 15.9 Å². The summed E-state index contributed by atoms with van der Waals surface area (Å²) >= 11 is 6.04. The van der Waals surface area contributed by atoms with Crippen LogP contribution in [0.4, 0.5) is 11.4 Å². The minimum Gasteiger partial charge on any atom is -0.484 e. The topological polar surface area (TPSA) is 117 Å². The Labute approximate surface area is 249 Å². The molecule has 0 spiro atoms. The summed E-state index contributed by atoms with van der Waals surface area (Å²) in [7, 11) is -3.55. The first kappa shape index (κ1) is 30.3. The molecular weight excluding hydrogens is 576 g/mol. The molecule has 0 bridgehead atoms. The molecule has 42 heavy (non-hydrogen) atoms. The number of rotatable bonds is 11. The van der Waals surface area contributed by atoms with Crippen LogP contribution >= 0.6 is 11.6 Å². The maximum atomic E-state index is 12.6. The van der Waals surface area contributed by atoms with Crippen LogP contribution in [0, 0.1) is 6.92 Å². The van der Waals surface area contributed by atoms with E-state index in [1.165, 1.54) is 10.5 Å². The number of benzene rings is 4. The maximum Gasteiger partial charge on any atom is 0.271 e. The number of para-hydroxylation sites is 1. The van der Waals surface area contributed by atoms with Crippen molar-refractivity contribution in [1.82, 2.24) is 5.43 Å². The zero-order chi connectivity index (χ0) is 30.1. The molecule has 0 aliphatic rings. The molecule has 9 nitrogen and oxygen atoms in total. The number of carbonyl (C=O) groups is 2. The lowest BCUT2D eigenvalue weighted by Gasteiger charge is -2.22. The van der Waals surface area contributed by atoms with Gasteiger partial charge in [0.05, 0.1) is 35.4 Å². The van der Waals surface area contributed by atoms with Gasteiger partial charge >= 0.3 is 0 Å². The van der Waals surface area contributed by atoms with Crippen molar-refractivity contribution in [2.45, 2.75) is 13.5 Å². The van der Waals surface area contributed by atoms with Gasteiger partial charge in [0.2, 0.25) is 10.0 Å². The Morgan fingerprint density at radius 3 is 2.24 bits per heavy atom. The number of carbonyl (C=O) groups excluding carboxylic acids is 2. The molecule has 216 valence electrons. The van der Waals surface area contributed by atoms with E-state index >= 15 is 0 Å². The lowest BCUT2D eigenvalue weighted by molar-refractivity contribution is -0.118. The van der Waals surface area contributed by atoms with E-state index in [1.807, 2.05) is 31.2 Å². The molecule has 0 atom stereocenters. The number of aryl methyl sites for hydroxylation is 1. The molecule has 0 heterocycles. The third kappa shape index (κ3) is 8.66. The molecule has 0 fully saturated rings. The van der Waals surface area contributed by atoms with E-state index in [9.17, 15) is 18.0 Å². The molecule has 2 N–H and O–H groups in total. The Morgan fingerprint density at radius 1 is 0.929 bits per heavy atom. The highest BCUT2D eigenvalue weighted by Crippen LogP contribution is 2.22. The number of ether oxygens (including phenoxy) is 1. The standard InChI is InChI=1S/C31H29ClN4O5S/c1-22-7-9-24(10-8-22)20-36(42(2,39)40)26-15-13-25(14-16-26)31(38)35-33-19-23-11-17-27(18-12-23)41-21-30(37)34-29-6-4-3-5-28(29)32/h3-19H,20-21H2,1-2H3,(H,34,37)(H,35,38)/b33-19-. The van der Waals surface area contributed by atoms with Gasteiger partial charge in [-0.2, -0.15) is 5.10 Å². The fourth-order valence-electron chi connectivity index (χ4n) is 3.82. The number of hydrogen-bond donors (Lipinski definition) is 2. The number of halogens is 1. The molecule has 4 rings (SSSR count). The fourth-order valence-corrected chi connectivity index (χ4v) is 4.89. The fraction of sp³-hybridized carbons (Fsp3) is 0.129. The van der Waals surface area contributed by atoms with Crippen molar-refractivity contribution in [3.05, 3.63) is 124 Å². The van der Waals surface area contributed by atoms with Crippen molar-refractivity contribution in [3.63, 3.8) is 0 Å². The monoisotopic (exact) mass is 604 g/mol. The number of amides is 2. The molecule has 0 aromatic heterocycles. The first-order valence-electron chi connectivity index (χ1n) is 12.8. The Hall–Kier alpha value is -4.67. The van der Waals surface area contributed by atoms with Crippen LogP contribution in [0.25, 0.3) is 0 Å². The first-order valence-corrected chi connectivity index (χ1v) is 15.0. The SMILES string of the molecule is Cc1ccc(CN(c2ccc(C(=O)N/N=C\c3ccc(OCC(=O)Nc4ccccc4Cl)cc3)cc2)S(C)(=O)=O)cc1. The average molecular weight is 605 g/mol. The zero-order valence-electron chi connectivity index (χ0n) is 23.0. The number of sulfonamides is 1. The molecule has 11 heteroatoms. The van der Waals surface area contributed by atoms with Crippen molar-refractivity contribution < 1.29 is 22.7 Å². The zero-order valence-corrected chi connectivity index (χ0v) is 24.5. The number of nitrogens with zero attached hydrogens (tertiary/aromatic N) is 2. The van der Waals surface area contributed by atoms with Gasteiger partial charge in [0.15, 0.2) is 6.61 Å². The highest BCUT2D eigenvalue weighted by Gasteiger charge is 2.18. The molecule has 0 radical (unpaired) electrons. The van der Waals surface area contributed by atoms with Gasteiger partial charge in [-0.1, -0.05) is 53.6 Å². The number of hydrogen-bond acceptors (Lipinski definition) is 6. The molecule has 0 saturated heterocycles. The summed E-state index contributed by atoms with van der Waals surface area (Å²) in [4.78, 5) is 24.7. The molecule has 0 aliphatic heterocycles. The van der Waals surface area contributed by atoms with E-state index in [4.69, 9.17) is 16.3 Å². The number of hydrazone groups is 1. The van der Waals surface area contributed by atoms with Gasteiger partial charge in [0, 0.05) is 5.56 Å². The van der Waals surface area contributed by atoms with Gasteiger partial charge in [-0.25, -0.2) is 13.8 Å². The minimum atomic E-state index is -3.55. The summed E-state index contributed by atoms with van der Waals surface area (Å²) in [6, 6.07) is 27.6. The van der Waals surface area contributed by atoms with Crippen molar-refractivity contribution in [1.29, 1.82) is 0 Å². The van der Waals surface area contributed by atoms with Crippen LogP contribution in [0.3, 0.4) is 0 Å². The average Bonchev–Trinajstić information content (AvgIpc) is 2.97. The molecule has 0 aliphatic carbocycles. The van der Waals surface area contributed by atoms with Crippen LogP contribution < -0.4 is 19.8 Å². The highest BCUT2D eigenvalue weighted by atomic mass is 35.5. The smallest absolute Gasteiger partial charge is 0.271 e. The van der Waals surface area contributed by atoms with Crippen molar-refractivity contribution in [2.75, 3.05) is 22.5 Å². The normalized spacial score (nSPS) is 11.2. The van der Waals surface area contributed by atoms with E-state index in [0.717, 1.165) is 17.4 Å². The van der Waals surface area contributed by atoms with Gasteiger partial charge < -0.3 is 10.1 Å². The molecule has 0 saturated carbocycles. The largest absolute Gasteiger partial charge is 0.484 e. The van der Waals surface area contributed by atoms with E-state index in [-0.39, 0.29) is 19.1 Å². The van der Waals surface area contributed by atoms with Crippen LogP contribution in [0.5, 0.6) is 5.75 Å². The summed E-state index contributed by atoms with van der Waals surface area (Å²) in [6.07, 6.45) is 2.61. The molecule has 2 amide bonds. The predicted octanol–water partition coefficient (Wildman–Crippen LogP) is 5.40. The van der Waals surface area contributed by atoms with Crippen LogP contribution in [0.2, 0.25) is 5.02 Å². The van der Waals surface area contributed by atoms with Gasteiger partial charge in [-0.15, -0.1) is 0 Å². The quantitative estimate of drug-likeness (QED) is 0.176. The van der Waals surface area contributed by atoms with E-state index in [1.54, 1.807) is 72.8 Å². The third-order valence-corrected chi connectivity index (χ3v) is 7.51. The Bertz CT molecular complexity index is 1670. The van der Waals surface area contributed by atoms with E-state index in [0.29, 0.717) is 33.3 Å². The Balaban J connectivity index is 1.29. The molecule has 4 aromatic carbocycles. The second-order valence-corrected chi connectivity index (χ2v) is 11.7.